The second-order valence-corrected chi connectivity index (χ2v) is 6.69. The van der Waals surface area contributed by atoms with E-state index in [1.54, 1.807) is 24.3 Å². The van der Waals surface area contributed by atoms with Crippen LogP contribution in [-0.4, -0.2) is 33.9 Å². The summed E-state index contributed by atoms with van der Waals surface area (Å²) >= 11 is 0. The highest BCUT2D eigenvalue weighted by atomic mass is 32.2. The van der Waals surface area contributed by atoms with E-state index in [0.29, 0.717) is 23.1 Å². The number of hydrogen-bond donors (Lipinski definition) is 1. The number of rotatable bonds is 7. The Balaban J connectivity index is 1.91. The van der Waals surface area contributed by atoms with E-state index in [1.165, 1.54) is 20.0 Å². The molecule has 0 spiro atoms. The van der Waals surface area contributed by atoms with Crippen LogP contribution >= 0.6 is 0 Å². The van der Waals surface area contributed by atoms with Crippen molar-refractivity contribution < 1.29 is 13.2 Å². The average Bonchev–Trinajstić information content (AvgIpc) is 3.19. The summed E-state index contributed by atoms with van der Waals surface area (Å²) < 4.78 is 29.2. The van der Waals surface area contributed by atoms with Crippen molar-refractivity contribution >= 4 is 9.84 Å². The Morgan fingerprint density at radius 1 is 1.39 bits per heavy atom. The van der Waals surface area contributed by atoms with Crippen LogP contribution in [0.2, 0.25) is 0 Å². The van der Waals surface area contributed by atoms with Gasteiger partial charge in [-0.15, -0.1) is 0 Å². The van der Waals surface area contributed by atoms with E-state index in [-0.39, 0.29) is 5.75 Å². The van der Waals surface area contributed by atoms with Crippen LogP contribution in [0.25, 0.3) is 0 Å². The van der Waals surface area contributed by atoms with Gasteiger partial charge < -0.3 is 10.1 Å². The van der Waals surface area contributed by atoms with Gasteiger partial charge in [0.2, 0.25) is 0 Å². The Bertz CT molecular complexity index is 495. The molecule has 4 nitrogen and oxygen atoms in total. The third-order valence-corrected chi connectivity index (χ3v) is 4.80. The quantitative estimate of drug-likeness (QED) is 0.764. The van der Waals surface area contributed by atoms with Crippen molar-refractivity contribution in [3.63, 3.8) is 0 Å². The molecule has 2 rings (SSSR count). The third-order valence-electron chi connectivity index (χ3n) is 3.00. The van der Waals surface area contributed by atoms with Crippen molar-refractivity contribution in [2.45, 2.75) is 30.2 Å². The van der Waals surface area contributed by atoms with E-state index in [4.69, 9.17) is 4.74 Å². The number of benzene rings is 1. The van der Waals surface area contributed by atoms with Gasteiger partial charge in [0.15, 0.2) is 9.84 Å². The molecule has 1 aliphatic rings. The number of methoxy groups -OCH3 is 1. The molecule has 0 radical (unpaired) electrons. The van der Waals surface area contributed by atoms with Gasteiger partial charge in [0.05, 0.1) is 17.8 Å². The van der Waals surface area contributed by atoms with E-state index in [2.05, 4.69) is 5.32 Å². The normalized spacial score (nSPS) is 15.6. The van der Waals surface area contributed by atoms with Gasteiger partial charge in [-0.3, -0.25) is 0 Å². The molecular formula is C13H19NO3S. The molecular weight excluding hydrogens is 250 g/mol. The summed E-state index contributed by atoms with van der Waals surface area (Å²) in [4.78, 5) is 0.341. The fraction of sp³-hybridized carbons (Fsp3) is 0.538. The van der Waals surface area contributed by atoms with Crippen LogP contribution in [0.4, 0.5) is 0 Å². The zero-order chi connectivity index (χ0) is 13.0. The van der Waals surface area contributed by atoms with Gasteiger partial charge in [0.1, 0.15) is 5.75 Å². The van der Waals surface area contributed by atoms with Crippen molar-refractivity contribution in [1.29, 1.82) is 0 Å². The average molecular weight is 269 g/mol. The van der Waals surface area contributed by atoms with Gasteiger partial charge in [0, 0.05) is 6.04 Å². The molecule has 0 saturated heterocycles. The van der Waals surface area contributed by atoms with Crippen molar-refractivity contribution in [2.24, 2.45) is 0 Å². The Hall–Kier alpha value is -1.07. The molecule has 1 N–H and O–H groups in total. The van der Waals surface area contributed by atoms with Crippen LogP contribution in [0.3, 0.4) is 0 Å². The molecule has 1 saturated carbocycles. The summed E-state index contributed by atoms with van der Waals surface area (Å²) in [6.07, 6.45) is 3.10. The standard InChI is InChI=1S/C13H19NO3S/c1-17-12-4-2-5-13(10-12)18(15,16)9-3-8-14-11-6-7-11/h2,4-5,10-11,14H,3,6-9H2,1H3. The minimum absolute atomic E-state index is 0.180. The van der Waals surface area contributed by atoms with Crippen molar-refractivity contribution in [1.82, 2.24) is 5.32 Å². The van der Waals surface area contributed by atoms with Crippen LogP contribution in [0.5, 0.6) is 5.75 Å². The zero-order valence-electron chi connectivity index (χ0n) is 10.6. The van der Waals surface area contributed by atoms with Crippen LogP contribution in [-0.2, 0) is 9.84 Å². The minimum Gasteiger partial charge on any atom is -0.497 e. The second kappa shape index (κ2) is 5.71. The summed E-state index contributed by atoms with van der Waals surface area (Å²) in [6, 6.07) is 7.27. The first-order chi connectivity index (χ1) is 8.62. The van der Waals surface area contributed by atoms with E-state index >= 15 is 0 Å². The lowest BCUT2D eigenvalue weighted by molar-refractivity contribution is 0.413. The maximum atomic E-state index is 12.1. The van der Waals surface area contributed by atoms with Gasteiger partial charge in [-0.05, 0) is 44.0 Å². The van der Waals surface area contributed by atoms with Crippen molar-refractivity contribution in [2.75, 3.05) is 19.4 Å². The molecule has 0 atom stereocenters. The monoisotopic (exact) mass is 269 g/mol. The molecule has 1 aliphatic carbocycles. The molecule has 0 heterocycles. The van der Waals surface area contributed by atoms with Gasteiger partial charge in [-0.2, -0.15) is 0 Å². The lowest BCUT2D eigenvalue weighted by atomic mass is 10.3. The Labute approximate surface area is 108 Å². The molecule has 0 aliphatic heterocycles. The van der Waals surface area contributed by atoms with Gasteiger partial charge in [-0.25, -0.2) is 8.42 Å². The first-order valence-electron chi connectivity index (χ1n) is 6.22. The molecule has 100 valence electrons. The molecule has 0 bridgehead atoms. The molecule has 1 aromatic carbocycles. The van der Waals surface area contributed by atoms with Gasteiger partial charge >= 0.3 is 0 Å². The lowest BCUT2D eigenvalue weighted by Crippen LogP contribution is -2.20. The van der Waals surface area contributed by atoms with E-state index in [9.17, 15) is 8.42 Å². The number of hydrogen-bond acceptors (Lipinski definition) is 4. The smallest absolute Gasteiger partial charge is 0.178 e. The van der Waals surface area contributed by atoms with Gasteiger partial charge in [-0.1, -0.05) is 6.07 Å². The molecule has 18 heavy (non-hydrogen) atoms. The summed E-state index contributed by atoms with van der Waals surface area (Å²) in [5, 5.41) is 3.31. The largest absolute Gasteiger partial charge is 0.497 e. The third kappa shape index (κ3) is 3.71. The SMILES string of the molecule is COc1cccc(S(=O)(=O)CCCNC2CC2)c1. The molecule has 0 unspecified atom stereocenters. The first kappa shape index (κ1) is 13.4. The lowest BCUT2D eigenvalue weighted by Gasteiger charge is -2.07. The Kier molecular flexibility index (Phi) is 4.24. The van der Waals surface area contributed by atoms with Crippen molar-refractivity contribution in [3.05, 3.63) is 24.3 Å². The van der Waals surface area contributed by atoms with Gasteiger partial charge in [0.25, 0.3) is 0 Å². The van der Waals surface area contributed by atoms with Crippen LogP contribution in [0, 0.1) is 0 Å². The predicted octanol–water partition coefficient (Wildman–Crippen LogP) is 1.61. The summed E-state index contributed by atoms with van der Waals surface area (Å²) in [7, 11) is -1.66. The van der Waals surface area contributed by atoms with E-state index < -0.39 is 9.84 Å². The zero-order valence-corrected chi connectivity index (χ0v) is 11.4. The van der Waals surface area contributed by atoms with Crippen LogP contribution < -0.4 is 10.1 Å². The highest BCUT2D eigenvalue weighted by Crippen LogP contribution is 2.20. The Morgan fingerprint density at radius 3 is 2.83 bits per heavy atom. The molecule has 1 aromatic rings. The minimum atomic E-state index is -3.19. The summed E-state index contributed by atoms with van der Waals surface area (Å²) in [5.74, 6) is 0.757. The Morgan fingerprint density at radius 2 is 2.17 bits per heavy atom. The molecule has 1 fully saturated rings. The summed E-state index contributed by atoms with van der Waals surface area (Å²) in [5.41, 5.74) is 0. The predicted molar refractivity (Wildman–Crippen MR) is 70.7 cm³/mol. The van der Waals surface area contributed by atoms with Crippen LogP contribution in [0.15, 0.2) is 29.2 Å². The molecule has 0 aromatic heterocycles. The highest BCUT2D eigenvalue weighted by Gasteiger charge is 2.20. The molecule has 5 heteroatoms. The maximum Gasteiger partial charge on any atom is 0.178 e. The fourth-order valence-electron chi connectivity index (χ4n) is 1.77. The summed E-state index contributed by atoms with van der Waals surface area (Å²) in [6.45, 7) is 0.772. The first-order valence-corrected chi connectivity index (χ1v) is 7.87. The topological polar surface area (TPSA) is 55.4 Å². The number of nitrogens with one attached hydrogen (secondary N) is 1. The second-order valence-electron chi connectivity index (χ2n) is 4.58. The van der Waals surface area contributed by atoms with E-state index in [1.807, 2.05) is 0 Å². The maximum absolute atomic E-state index is 12.1. The van der Waals surface area contributed by atoms with Crippen molar-refractivity contribution in [3.8, 4) is 5.75 Å². The number of ether oxygens (including phenoxy) is 1. The number of sulfone groups is 1. The molecule has 0 amide bonds. The fourth-order valence-corrected chi connectivity index (χ4v) is 3.11. The highest BCUT2D eigenvalue weighted by molar-refractivity contribution is 7.91. The van der Waals surface area contributed by atoms with Crippen LogP contribution in [0.1, 0.15) is 19.3 Å². The van der Waals surface area contributed by atoms with E-state index in [0.717, 1.165) is 6.54 Å².